The molecule has 2 aromatic carbocycles. The van der Waals surface area contributed by atoms with Crippen molar-refractivity contribution < 1.29 is 13.3 Å². The summed E-state index contributed by atoms with van der Waals surface area (Å²) in [5.74, 6) is -0.380. The first kappa shape index (κ1) is 13.6. The van der Waals surface area contributed by atoms with Crippen LogP contribution in [-0.4, -0.2) is 5.16 Å². The second-order valence-electron chi connectivity index (χ2n) is 4.41. The Balaban J connectivity index is 2.16. The molecular weight excluding hydrogens is 298 g/mol. The van der Waals surface area contributed by atoms with E-state index >= 15 is 0 Å². The first-order chi connectivity index (χ1) is 10.1. The molecule has 3 aromatic rings. The first-order valence-corrected chi connectivity index (χ1v) is 6.40. The maximum absolute atomic E-state index is 13.2. The molecule has 21 heavy (non-hydrogen) atoms. The van der Waals surface area contributed by atoms with Gasteiger partial charge in [0.05, 0.1) is 10.6 Å². The highest BCUT2D eigenvalue weighted by Crippen LogP contribution is 2.37. The number of benzene rings is 2. The lowest BCUT2D eigenvalue weighted by atomic mass is 10.0. The number of anilines is 1. The van der Waals surface area contributed by atoms with Gasteiger partial charge in [0.15, 0.2) is 11.6 Å². The van der Waals surface area contributed by atoms with Crippen molar-refractivity contribution in [3.63, 3.8) is 0 Å². The zero-order chi connectivity index (χ0) is 15.0. The van der Waals surface area contributed by atoms with Crippen LogP contribution in [0, 0.1) is 11.6 Å². The van der Waals surface area contributed by atoms with Crippen LogP contribution in [0.2, 0.25) is 5.02 Å². The van der Waals surface area contributed by atoms with Gasteiger partial charge in [-0.3, -0.25) is 0 Å². The van der Waals surface area contributed by atoms with E-state index in [2.05, 4.69) is 5.16 Å². The molecular formula is C15H9ClF2N2O. The van der Waals surface area contributed by atoms with Crippen molar-refractivity contribution in [2.75, 3.05) is 5.73 Å². The lowest BCUT2D eigenvalue weighted by Gasteiger charge is -2.04. The third-order valence-corrected chi connectivity index (χ3v) is 3.32. The number of hydrogen-bond acceptors (Lipinski definition) is 3. The van der Waals surface area contributed by atoms with Crippen LogP contribution in [0.15, 0.2) is 47.0 Å². The van der Waals surface area contributed by atoms with Crippen molar-refractivity contribution in [1.82, 2.24) is 5.16 Å². The summed E-state index contributed by atoms with van der Waals surface area (Å²) in [7, 11) is 0. The van der Waals surface area contributed by atoms with Gasteiger partial charge in [-0.25, -0.2) is 8.78 Å². The van der Waals surface area contributed by atoms with Crippen LogP contribution in [0.1, 0.15) is 0 Å². The fourth-order valence-electron chi connectivity index (χ4n) is 2.03. The van der Waals surface area contributed by atoms with Gasteiger partial charge in [-0.05, 0) is 35.9 Å². The highest BCUT2D eigenvalue weighted by atomic mass is 35.5. The second-order valence-corrected chi connectivity index (χ2v) is 4.81. The van der Waals surface area contributed by atoms with Crippen LogP contribution < -0.4 is 5.73 Å². The Morgan fingerprint density at radius 1 is 1.00 bits per heavy atom. The number of hydrogen-bond donors (Lipinski definition) is 1. The van der Waals surface area contributed by atoms with Crippen molar-refractivity contribution in [1.29, 1.82) is 0 Å². The van der Waals surface area contributed by atoms with E-state index < -0.39 is 5.82 Å². The number of nitrogens with two attached hydrogens (primary N) is 1. The third kappa shape index (κ3) is 2.48. The molecule has 1 heterocycles. The minimum atomic E-state index is -0.531. The van der Waals surface area contributed by atoms with Crippen LogP contribution in [0.3, 0.4) is 0 Å². The van der Waals surface area contributed by atoms with E-state index in [0.717, 1.165) is 0 Å². The molecule has 0 radical (unpaired) electrons. The Kier molecular flexibility index (Phi) is 3.35. The fourth-order valence-corrected chi connectivity index (χ4v) is 2.21. The van der Waals surface area contributed by atoms with Crippen LogP contribution >= 0.6 is 11.6 Å². The molecule has 0 bridgehead atoms. The van der Waals surface area contributed by atoms with Crippen LogP contribution in [0.4, 0.5) is 14.6 Å². The Hall–Kier alpha value is -2.40. The van der Waals surface area contributed by atoms with Gasteiger partial charge < -0.3 is 10.3 Å². The van der Waals surface area contributed by atoms with E-state index in [9.17, 15) is 8.78 Å². The maximum atomic E-state index is 13.2. The molecule has 0 saturated carbocycles. The molecule has 0 atom stereocenters. The highest BCUT2D eigenvalue weighted by molar-refractivity contribution is 6.31. The summed E-state index contributed by atoms with van der Waals surface area (Å²) in [5, 5.41) is 3.68. The Labute approximate surface area is 123 Å². The van der Waals surface area contributed by atoms with Crippen LogP contribution in [0.25, 0.3) is 22.5 Å². The molecule has 0 spiro atoms. The number of nitrogen functional groups attached to an aromatic ring is 1. The molecule has 0 unspecified atom stereocenters. The molecule has 3 nitrogen and oxygen atoms in total. The second kappa shape index (κ2) is 5.18. The van der Waals surface area contributed by atoms with Gasteiger partial charge in [0.1, 0.15) is 11.6 Å². The largest absolute Gasteiger partial charge is 0.380 e. The van der Waals surface area contributed by atoms with Gasteiger partial charge in [0.2, 0.25) is 0 Å². The minimum absolute atomic E-state index is 0.0347. The molecule has 0 amide bonds. The lowest BCUT2D eigenvalue weighted by molar-refractivity contribution is 0.436. The number of halogens is 3. The molecule has 0 fully saturated rings. The molecule has 0 aliphatic heterocycles. The van der Waals surface area contributed by atoms with E-state index in [4.69, 9.17) is 21.9 Å². The van der Waals surface area contributed by atoms with E-state index in [1.165, 1.54) is 30.3 Å². The summed E-state index contributed by atoms with van der Waals surface area (Å²) in [5.41, 5.74) is 7.50. The third-order valence-electron chi connectivity index (χ3n) is 3.03. The molecule has 3 rings (SSSR count). The van der Waals surface area contributed by atoms with E-state index in [1.807, 2.05) is 0 Å². The van der Waals surface area contributed by atoms with E-state index in [0.29, 0.717) is 22.5 Å². The van der Waals surface area contributed by atoms with Crippen molar-refractivity contribution >= 4 is 17.4 Å². The van der Waals surface area contributed by atoms with Crippen molar-refractivity contribution in [3.05, 3.63) is 59.1 Å². The fraction of sp³-hybridized carbons (Fsp3) is 0. The monoisotopic (exact) mass is 306 g/mol. The van der Waals surface area contributed by atoms with E-state index in [-0.39, 0.29) is 16.7 Å². The smallest absolute Gasteiger partial charge is 0.176 e. The quantitative estimate of drug-likeness (QED) is 0.757. The van der Waals surface area contributed by atoms with Gasteiger partial charge in [-0.15, -0.1) is 0 Å². The van der Waals surface area contributed by atoms with Gasteiger partial charge in [0, 0.05) is 5.56 Å². The van der Waals surface area contributed by atoms with Gasteiger partial charge in [-0.1, -0.05) is 28.9 Å². The van der Waals surface area contributed by atoms with Crippen LogP contribution in [-0.2, 0) is 0 Å². The summed E-state index contributed by atoms with van der Waals surface area (Å²) in [6, 6.07) is 9.90. The molecule has 0 aliphatic rings. The SMILES string of the molecule is Nc1noc(-c2ccc(F)c(Cl)c2)c1-c1ccc(F)cc1. The normalized spacial score (nSPS) is 10.8. The summed E-state index contributed by atoms with van der Waals surface area (Å²) in [4.78, 5) is 0. The molecule has 2 N–H and O–H groups in total. The number of aromatic nitrogens is 1. The van der Waals surface area contributed by atoms with Crippen molar-refractivity contribution in [2.24, 2.45) is 0 Å². The minimum Gasteiger partial charge on any atom is -0.380 e. The van der Waals surface area contributed by atoms with Gasteiger partial charge >= 0.3 is 0 Å². The topological polar surface area (TPSA) is 52.0 Å². The van der Waals surface area contributed by atoms with Crippen LogP contribution in [0.5, 0.6) is 0 Å². The number of nitrogens with zero attached hydrogens (tertiary/aromatic N) is 1. The average molecular weight is 307 g/mol. The van der Waals surface area contributed by atoms with Gasteiger partial charge in [-0.2, -0.15) is 0 Å². The Bertz CT molecular complexity index is 800. The first-order valence-electron chi connectivity index (χ1n) is 6.03. The zero-order valence-electron chi connectivity index (χ0n) is 10.6. The predicted molar refractivity (Wildman–Crippen MR) is 76.7 cm³/mol. The standard InChI is InChI=1S/C15H9ClF2N2O/c16-11-7-9(3-6-12(11)18)14-13(15(19)20-21-14)8-1-4-10(17)5-2-8/h1-7H,(H2,19,20). The molecule has 106 valence electrons. The summed E-state index contributed by atoms with van der Waals surface area (Å²) >= 11 is 5.77. The maximum Gasteiger partial charge on any atom is 0.176 e. The molecule has 6 heteroatoms. The molecule has 1 aromatic heterocycles. The summed E-state index contributed by atoms with van der Waals surface area (Å²) in [6.07, 6.45) is 0. The Morgan fingerprint density at radius 2 is 1.67 bits per heavy atom. The molecule has 0 saturated heterocycles. The van der Waals surface area contributed by atoms with Gasteiger partial charge in [0.25, 0.3) is 0 Å². The lowest BCUT2D eigenvalue weighted by Crippen LogP contribution is -1.89. The predicted octanol–water partition coefficient (Wildman–Crippen LogP) is 4.52. The molecule has 0 aliphatic carbocycles. The van der Waals surface area contributed by atoms with Crippen molar-refractivity contribution in [2.45, 2.75) is 0 Å². The highest BCUT2D eigenvalue weighted by Gasteiger charge is 2.18. The average Bonchev–Trinajstić information content (AvgIpc) is 2.85. The van der Waals surface area contributed by atoms with E-state index in [1.54, 1.807) is 12.1 Å². The summed E-state index contributed by atoms with van der Waals surface area (Å²) in [6.45, 7) is 0. The number of rotatable bonds is 2. The van der Waals surface area contributed by atoms with Crippen molar-refractivity contribution in [3.8, 4) is 22.5 Å². The summed E-state index contributed by atoms with van der Waals surface area (Å²) < 4.78 is 31.5. The Morgan fingerprint density at radius 3 is 2.33 bits per heavy atom. The zero-order valence-corrected chi connectivity index (χ0v) is 11.4.